The van der Waals surface area contributed by atoms with Crippen LogP contribution in [0, 0.1) is 11.6 Å². The molecule has 130 valence electrons. The number of halogens is 2. The molecule has 1 aliphatic rings. The van der Waals surface area contributed by atoms with Gasteiger partial charge in [-0.1, -0.05) is 18.2 Å². The normalized spacial score (nSPS) is 15.0. The smallest absolute Gasteiger partial charge is 0.261 e. The van der Waals surface area contributed by atoms with Crippen LogP contribution in [0.1, 0.15) is 39.2 Å². The maximum atomic E-state index is 13.4. The van der Waals surface area contributed by atoms with Gasteiger partial charge >= 0.3 is 0 Å². The summed E-state index contributed by atoms with van der Waals surface area (Å²) in [7, 11) is 1.81. The molecule has 2 aromatic rings. The van der Waals surface area contributed by atoms with E-state index in [0.29, 0.717) is 23.2 Å². The summed E-state index contributed by atoms with van der Waals surface area (Å²) in [5.74, 6) is -2.37. The zero-order chi connectivity index (χ0) is 18.1. The lowest BCUT2D eigenvalue weighted by atomic mass is 10.1. The molecule has 0 unspecified atom stereocenters. The SMILES string of the molecule is C[C@@H](c1ccc(F)c(F)c1)N(C)CCN1C(=O)c2ccccc2C1=O. The monoisotopic (exact) mass is 344 g/mol. The highest BCUT2D eigenvalue weighted by Gasteiger charge is 2.34. The van der Waals surface area contributed by atoms with E-state index in [2.05, 4.69) is 0 Å². The van der Waals surface area contributed by atoms with E-state index in [9.17, 15) is 18.4 Å². The first-order chi connectivity index (χ1) is 11.9. The molecule has 1 heterocycles. The number of benzene rings is 2. The Morgan fingerprint density at radius 3 is 2.16 bits per heavy atom. The van der Waals surface area contributed by atoms with Gasteiger partial charge < -0.3 is 0 Å². The first-order valence-electron chi connectivity index (χ1n) is 8.00. The maximum absolute atomic E-state index is 13.4. The van der Waals surface area contributed by atoms with E-state index in [4.69, 9.17) is 0 Å². The van der Waals surface area contributed by atoms with Gasteiger partial charge in [-0.15, -0.1) is 0 Å². The van der Waals surface area contributed by atoms with Gasteiger partial charge in [0.2, 0.25) is 0 Å². The number of carbonyl (C=O) groups excluding carboxylic acids is 2. The second kappa shape index (κ2) is 6.72. The summed E-state index contributed by atoms with van der Waals surface area (Å²) in [6.07, 6.45) is 0. The van der Waals surface area contributed by atoms with Crippen molar-refractivity contribution in [3.63, 3.8) is 0 Å². The van der Waals surface area contributed by atoms with Gasteiger partial charge in [0, 0.05) is 19.1 Å². The minimum Gasteiger partial charge on any atom is -0.298 e. The molecule has 0 N–H and O–H groups in total. The topological polar surface area (TPSA) is 40.6 Å². The number of imide groups is 1. The van der Waals surface area contributed by atoms with Crippen molar-refractivity contribution < 1.29 is 18.4 Å². The Labute approximate surface area is 144 Å². The third-order valence-electron chi connectivity index (χ3n) is 4.64. The van der Waals surface area contributed by atoms with Crippen molar-refractivity contribution in [2.24, 2.45) is 0 Å². The molecular weight excluding hydrogens is 326 g/mol. The van der Waals surface area contributed by atoms with E-state index < -0.39 is 11.6 Å². The fourth-order valence-electron chi connectivity index (χ4n) is 2.92. The summed E-state index contributed by atoms with van der Waals surface area (Å²) in [5, 5.41) is 0. The maximum Gasteiger partial charge on any atom is 0.261 e. The number of carbonyl (C=O) groups is 2. The van der Waals surface area contributed by atoms with E-state index in [-0.39, 0.29) is 24.4 Å². The highest BCUT2D eigenvalue weighted by molar-refractivity contribution is 6.21. The fraction of sp³-hybridized carbons (Fsp3) is 0.263. The first-order valence-corrected chi connectivity index (χ1v) is 8.00. The number of nitrogens with zero attached hydrogens (tertiary/aromatic N) is 2. The molecule has 25 heavy (non-hydrogen) atoms. The second-order valence-electron chi connectivity index (χ2n) is 6.14. The fourth-order valence-corrected chi connectivity index (χ4v) is 2.92. The average molecular weight is 344 g/mol. The van der Waals surface area contributed by atoms with E-state index in [1.165, 1.54) is 17.0 Å². The van der Waals surface area contributed by atoms with Crippen LogP contribution < -0.4 is 0 Å². The Bertz CT molecular complexity index is 803. The molecule has 0 fully saturated rings. The third kappa shape index (κ3) is 3.17. The molecule has 0 aromatic heterocycles. The second-order valence-corrected chi connectivity index (χ2v) is 6.14. The van der Waals surface area contributed by atoms with Crippen molar-refractivity contribution in [3.8, 4) is 0 Å². The van der Waals surface area contributed by atoms with Gasteiger partial charge in [0.25, 0.3) is 11.8 Å². The molecule has 1 aliphatic heterocycles. The number of hydrogen-bond acceptors (Lipinski definition) is 3. The highest BCUT2D eigenvalue weighted by atomic mass is 19.2. The summed E-state index contributed by atoms with van der Waals surface area (Å²) in [6.45, 7) is 2.51. The Morgan fingerprint density at radius 1 is 1.00 bits per heavy atom. The number of likely N-dealkylation sites (N-methyl/N-ethyl adjacent to an activating group) is 1. The van der Waals surface area contributed by atoms with E-state index in [1.807, 2.05) is 18.9 Å². The van der Waals surface area contributed by atoms with Crippen molar-refractivity contribution in [2.75, 3.05) is 20.1 Å². The predicted molar refractivity (Wildman–Crippen MR) is 89.2 cm³/mol. The molecule has 0 spiro atoms. The van der Waals surface area contributed by atoms with Crippen molar-refractivity contribution in [2.45, 2.75) is 13.0 Å². The lowest BCUT2D eigenvalue weighted by Gasteiger charge is -2.27. The molecule has 2 aromatic carbocycles. The lowest BCUT2D eigenvalue weighted by Crippen LogP contribution is -2.37. The Balaban J connectivity index is 1.66. The van der Waals surface area contributed by atoms with Gasteiger partial charge in [-0.25, -0.2) is 8.78 Å². The van der Waals surface area contributed by atoms with Gasteiger partial charge in [-0.05, 0) is 43.8 Å². The molecule has 0 radical (unpaired) electrons. The predicted octanol–water partition coefficient (Wildman–Crippen LogP) is 3.25. The summed E-state index contributed by atoms with van der Waals surface area (Å²) in [6, 6.07) is 10.3. The summed E-state index contributed by atoms with van der Waals surface area (Å²) in [5.41, 5.74) is 1.47. The van der Waals surface area contributed by atoms with E-state index >= 15 is 0 Å². The zero-order valence-electron chi connectivity index (χ0n) is 14.0. The summed E-state index contributed by atoms with van der Waals surface area (Å²) in [4.78, 5) is 27.8. The number of fused-ring (bicyclic) bond motifs is 1. The van der Waals surface area contributed by atoms with Crippen molar-refractivity contribution in [3.05, 3.63) is 70.8 Å². The third-order valence-corrected chi connectivity index (χ3v) is 4.64. The van der Waals surface area contributed by atoms with Gasteiger partial charge in [-0.2, -0.15) is 0 Å². The molecular formula is C19H18F2N2O2. The number of hydrogen-bond donors (Lipinski definition) is 0. The molecule has 3 rings (SSSR count). The average Bonchev–Trinajstić information content (AvgIpc) is 2.86. The molecule has 4 nitrogen and oxygen atoms in total. The van der Waals surface area contributed by atoms with Crippen LogP contribution in [0.25, 0.3) is 0 Å². The van der Waals surface area contributed by atoms with Crippen LogP contribution >= 0.6 is 0 Å². The number of amides is 2. The Morgan fingerprint density at radius 2 is 1.60 bits per heavy atom. The first kappa shape index (κ1) is 17.2. The molecule has 0 saturated heterocycles. The standard InChI is InChI=1S/C19H18F2N2O2/c1-12(13-7-8-16(20)17(21)11-13)22(2)9-10-23-18(24)14-5-3-4-6-15(14)19(23)25/h3-8,11-12H,9-10H2,1-2H3/t12-/m0/s1. The van der Waals surface area contributed by atoms with Crippen molar-refractivity contribution >= 4 is 11.8 Å². The van der Waals surface area contributed by atoms with Crippen LogP contribution in [-0.4, -0.2) is 41.8 Å². The van der Waals surface area contributed by atoms with Gasteiger partial charge in [0.15, 0.2) is 11.6 Å². The molecule has 6 heteroatoms. The van der Waals surface area contributed by atoms with Crippen molar-refractivity contribution in [1.29, 1.82) is 0 Å². The quantitative estimate of drug-likeness (QED) is 0.782. The Kier molecular flexibility index (Phi) is 4.63. The molecule has 2 amide bonds. The minimum atomic E-state index is -0.891. The van der Waals surface area contributed by atoms with Gasteiger partial charge in [0.05, 0.1) is 11.1 Å². The minimum absolute atomic E-state index is 0.190. The van der Waals surface area contributed by atoms with E-state index in [0.717, 1.165) is 6.07 Å². The van der Waals surface area contributed by atoms with E-state index in [1.54, 1.807) is 24.3 Å². The summed E-state index contributed by atoms with van der Waals surface area (Å²) < 4.78 is 26.5. The molecule has 0 aliphatic carbocycles. The lowest BCUT2D eigenvalue weighted by molar-refractivity contribution is 0.0634. The van der Waals surface area contributed by atoms with Gasteiger partial charge in [-0.3, -0.25) is 19.4 Å². The van der Waals surface area contributed by atoms with Crippen LogP contribution in [0.2, 0.25) is 0 Å². The van der Waals surface area contributed by atoms with Gasteiger partial charge in [0.1, 0.15) is 0 Å². The number of rotatable bonds is 5. The summed E-state index contributed by atoms with van der Waals surface area (Å²) >= 11 is 0. The molecule has 1 atom stereocenters. The largest absolute Gasteiger partial charge is 0.298 e. The van der Waals surface area contributed by atoms with Crippen LogP contribution in [0.5, 0.6) is 0 Å². The van der Waals surface area contributed by atoms with Crippen LogP contribution in [-0.2, 0) is 0 Å². The Hall–Kier alpha value is -2.60. The zero-order valence-corrected chi connectivity index (χ0v) is 14.0. The van der Waals surface area contributed by atoms with Crippen LogP contribution in [0.15, 0.2) is 42.5 Å². The van der Waals surface area contributed by atoms with Crippen molar-refractivity contribution in [1.82, 2.24) is 9.80 Å². The van der Waals surface area contributed by atoms with Crippen LogP contribution in [0.3, 0.4) is 0 Å². The molecule has 0 bridgehead atoms. The van der Waals surface area contributed by atoms with Crippen LogP contribution in [0.4, 0.5) is 8.78 Å². The highest BCUT2D eigenvalue weighted by Crippen LogP contribution is 2.24. The molecule has 0 saturated carbocycles.